The van der Waals surface area contributed by atoms with E-state index < -0.39 is 17.5 Å². The number of nitrogens with zero attached hydrogens (tertiary/aromatic N) is 2. The molecule has 0 aliphatic heterocycles. The van der Waals surface area contributed by atoms with E-state index in [2.05, 4.69) is 10.9 Å². The summed E-state index contributed by atoms with van der Waals surface area (Å²) in [5.74, 6) is 0.468. The van der Waals surface area contributed by atoms with E-state index in [1.54, 1.807) is 6.08 Å². The Morgan fingerprint density at radius 1 is 1.42 bits per heavy atom. The first-order valence-corrected chi connectivity index (χ1v) is 8.50. The molecule has 0 saturated heterocycles. The van der Waals surface area contributed by atoms with Gasteiger partial charge in [0.15, 0.2) is 10.6 Å². The van der Waals surface area contributed by atoms with Gasteiger partial charge >= 0.3 is 0 Å². The molecular weight excluding hydrogens is 350 g/mol. The van der Waals surface area contributed by atoms with Gasteiger partial charge in [-0.3, -0.25) is 4.79 Å². The fraction of sp³-hybridized carbons (Fsp3) is 0.0588. The van der Waals surface area contributed by atoms with Crippen molar-refractivity contribution < 1.29 is 13.6 Å². The first kappa shape index (κ1) is 16.3. The number of carbonyl (C=O) groups is 1. The van der Waals surface area contributed by atoms with Crippen molar-refractivity contribution in [1.29, 1.82) is 0 Å². The molecule has 3 nitrogen and oxygen atoms in total. The number of hydrogen-bond acceptors (Lipinski definition) is 3. The largest absolute Gasteiger partial charge is 0.302 e. The minimum atomic E-state index is -0.737. The second-order valence-electron chi connectivity index (χ2n) is 4.71. The highest BCUT2D eigenvalue weighted by molar-refractivity contribution is 7.16. The van der Waals surface area contributed by atoms with Crippen molar-refractivity contribution in [2.45, 2.75) is 6.54 Å². The zero-order chi connectivity index (χ0) is 17.1. The number of fused-ring (bicyclic) bond motifs is 1. The van der Waals surface area contributed by atoms with Crippen molar-refractivity contribution in [2.75, 3.05) is 0 Å². The molecular formula is C17H10F2N2OS2. The molecule has 3 rings (SSSR count). The van der Waals surface area contributed by atoms with Gasteiger partial charge in [-0.05, 0) is 23.6 Å². The van der Waals surface area contributed by atoms with Gasteiger partial charge in [-0.25, -0.2) is 8.78 Å². The van der Waals surface area contributed by atoms with E-state index in [1.807, 2.05) is 17.5 Å². The van der Waals surface area contributed by atoms with Crippen LogP contribution >= 0.6 is 22.7 Å². The number of aromatic nitrogens is 1. The number of hydrogen-bond donors (Lipinski definition) is 0. The van der Waals surface area contributed by atoms with Crippen LogP contribution in [0.3, 0.4) is 0 Å². The van der Waals surface area contributed by atoms with Crippen LogP contribution in [0, 0.1) is 24.0 Å². The molecule has 0 fully saturated rings. The summed E-state index contributed by atoms with van der Waals surface area (Å²) in [5, 5.41) is 1.89. The minimum Gasteiger partial charge on any atom is -0.302 e. The molecule has 0 aliphatic carbocycles. The topological polar surface area (TPSA) is 34.4 Å². The first-order chi connectivity index (χ1) is 11.6. The number of thiazole rings is 1. The number of thiophene rings is 1. The summed E-state index contributed by atoms with van der Waals surface area (Å²) in [6.45, 7) is 0.0311. The maximum atomic E-state index is 14.1. The van der Waals surface area contributed by atoms with Crippen LogP contribution in [0.1, 0.15) is 4.88 Å². The molecule has 2 aromatic heterocycles. The van der Waals surface area contributed by atoms with E-state index in [-0.39, 0.29) is 16.9 Å². The Labute approximate surface area is 144 Å². The Bertz CT molecular complexity index is 1040. The van der Waals surface area contributed by atoms with Gasteiger partial charge in [-0.2, -0.15) is 4.99 Å². The molecule has 0 spiro atoms. The van der Waals surface area contributed by atoms with E-state index in [9.17, 15) is 13.6 Å². The van der Waals surface area contributed by atoms with Crippen LogP contribution in [0.5, 0.6) is 0 Å². The van der Waals surface area contributed by atoms with Crippen molar-refractivity contribution in [2.24, 2.45) is 4.99 Å². The lowest BCUT2D eigenvalue weighted by Crippen LogP contribution is -2.16. The van der Waals surface area contributed by atoms with Crippen LogP contribution < -0.4 is 4.80 Å². The highest BCUT2D eigenvalue weighted by Crippen LogP contribution is 2.22. The van der Waals surface area contributed by atoms with Gasteiger partial charge < -0.3 is 4.57 Å². The summed E-state index contributed by atoms with van der Waals surface area (Å²) in [4.78, 5) is 17.1. The van der Waals surface area contributed by atoms with E-state index in [1.165, 1.54) is 28.0 Å². The number of amides is 1. The van der Waals surface area contributed by atoms with Crippen LogP contribution in [0.4, 0.5) is 8.78 Å². The van der Waals surface area contributed by atoms with Gasteiger partial charge in [-0.15, -0.1) is 17.8 Å². The number of terminal acetylenes is 1. The first-order valence-electron chi connectivity index (χ1n) is 6.80. The van der Waals surface area contributed by atoms with Crippen LogP contribution in [-0.2, 0) is 11.3 Å². The number of rotatable bonds is 3. The minimum absolute atomic E-state index is 0.0311. The van der Waals surface area contributed by atoms with E-state index in [0.717, 1.165) is 22.3 Å². The molecule has 7 heteroatoms. The number of carbonyl (C=O) groups excluding carboxylic acids is 1. The quantitative estimate of drug-likeness (QED) is 0.517. The maximum Gasteiger partial charge on any atom is 0.272 e. The highest BCUT2D eigenvalue weighted by Gasteiger charge is 2.13. The number of halogens is 2. The lowest BCUT2D eigenvalue weighted by Gasteiger charge is -2.00. The molecule has 0 N–H and O–H groups in total. The Kier molecular flexibility index (Phi) is 4.69. The Morgan fingerprint density at radius 3 is 2.96 bits per heavy atom. The summed E-state index contributed by atoms with van der Waals surface area (Å²) in [6, 6.07) is 5.71. The van der Waals surface area contributed by atoms with Crippen LogP contribution in [0.25, 0.3) is 16.3 Å². The maximum absolute atomic E-state index is 14.1. The zero-order valence-electron chi connectivity index (χ0n) is 12.2. The molecule has 0 unspecified atom stereocenters. The van der Waals surface area contributed by atoms with Crippen molar-refractivity contribution in [1.82, 2.24) is 4.57 Å². The van der Waals surface area contributed by atoms with E-state index in [4.69, 9.17) is 6.42 Å². The Morgan fingerprint density at radius 2 is 2.25 bits per heavy atom. The summed E-state index contributed by atoms with van der Waals surface area (Å²) in [5.41, 5.74) is 0.146. The monoisotopic (exact) mass is 360 g/mol. The SMILES string of the molecule is C#CCn1c(=NC(=O)/C=C/c2cccs2)sc2cc(F)cc(F)c21. The molecule has 2 heterocycles. The average Bonchev–Trinajstić information content (AvgIpc) is 3.14. The van der Waals surface area contributed by atoms with Gasteiger partial charge in [0, 0.05) is 17.0 Å². The van der Waals surface area contributed by atoms with Gasteiger partial charge in [-0.1, -0.05) is 23.3 Å². The van der Waals surface area contributed by atoms with Crippen molar-refractivity contribution in [3.05, 3.63) is 57.0 Å². The molecule has 0 saturated carbocycles. The molecule has 1 aromatic carbocycles. The van der Waals surface area contributed by atoms with Gasteiger partial charge in [0.25, 0.3) is 5.91 Å². The smallest absolute Gasteiger partial charge is 0.272 e. The van der Waals surface area contributed by atoms with Crippen molar-refractivity contribution in [3.63, 3.8) is 0 Å². The molecule has 0 radical (unpaired) electrons. The van der Waals surface area contributed by atoms with Crippen LogP contribution in [0.2, 0.25) is 0 Å². The summed E-state index contributed by atoms with van der Waals surface area (Å²) in [6.07, 6.45) is 8.29. The van der Waals surface area contributed by atoms with Crippen LogP contribution in [0.15, 0.2) is 40.7 Å². The van der Waals surface area contributed by atoms with Crippen molar-refractivity contribution >= 4 is 44.9 Å². The lowest BCUT2D eigenvalue weighted by molar-refractivity contribution is -0.113. The van der Waals surface area contributed by atoms with Gasteiger partial charge in [0.1, 0.15) is 5.82 Å². The third kappa shape index (κ3) is 3.35. The second kappa shape index (κ2) is 6.91. The summed E-state index contributed by atoms with van der Waals surface area (Å²) >= 11 is 2.50. The van der Waals surface area contributed by atoms with Gasteiger partial charge in [0.05, 0.1) is 16.8 Å². The normalized spacial score (nSPS) is 12.1. The third-order valence-corrected chi connectivity index (χ3v) is 4.95. The van der Waals surface area contributed by atoms with Gasteiger partial charge in [0.2, 0.25) is 0 Å². The number of benzene rings is 1. The predicted molar refractivity (Wildman–Crippen MR) is 92.5 cm³/mol. The standard InChI is InChI=1S/C17H10F2N2OS2/c1-2-7-21-16-13(19)9-11(18)10-14(16)24-17(21)20-15(22)6-5-12-4-3-8-23-12/h1,3-6,8-10H,7H2/b6-5+,20-17?. The fourth-order valence-electron chi connectivity index (χ4n) is 2.12. The highest BCUT2D eigenvalue weighted by atomic mass is 32.1. The van der Waals surface area contributed by atoms with Crippen LogP contribution in [-0.4, -0.2) is 10.5 Å². The molecule has 0 bridgehead atoms. The summed E-state index contributed by atoms with van der Waals surface area (Å²) < 4.78 is 29.2. The Hall–Kier alpha value is -2.56. The lowest BCUT2D eigenvalue weighted by atomic mass is 10.3. The molecule has 3 aromatic rings. The fourth-order valence-corrected chi connectivity index (χ4v) is 3.82. The average molecular weight is 360 g/mol. The van der Waals surface area contributed by atoms with E-state index in [0.29, 0.717) is 4.70 Å². The molecule has 24 heavy (non-hydrogen) atoms. The molecule has 0 aliphatic rings. The van der Waals surface area contributed by atoms with Crippen molar-refractivity contribution in [3.8, 4) is 12.3 Å². The summed E-state index contributed by atoms with van der Waals surface area (Å²) in [7, 11) is 0. The second-order valence-corrected chi connectivity index (χ2v) is 6.70. The third-order valence-electron chi connectivity index (χ3n) is 3.08. The predicted octanol–water partition coefficient (Wildman–Crippen LogP) is 3.82. The molecule has 1 amide bonds. The Balaban J connectivity index is 2.08. The zero-order valence-corrected chi connectivity index (χ0v) is 13.8. The van der Waals surface area contributed by atoms with E-state index >= 15 is 0 Å². The molecule has 0 atom stereocenters. The molecule has 120 valence electrons.